The second-order valence-electron chi connectivity index (χ2n) is 9.32. The van der Waals surface area contributed by atoms with Crippen LogP contribution >= 0.6 is 11.3 Å². The van der Waals surface area contributed by atoms with Gasteiger partial charge in [0, 0.05) is 0 Å². The van der Waals surface area contributed by atoms with Gasteiger partial charge in [-0.05, 0) is 68.8 Å². The second-order valence-corrected chi connectivity index (χ2v) is 10.3. The molecule has 0 saturated carbocycles. The lowest BCUT2D eigenvalue weighted by Gasteiger charge is -2.23. The summed E-state index contributed by atoms with van der Waals surface area (Å²) in [5.74, 6) is 1.07. The van der Waals surface area contributed by atoms with Crippen molar-refractivity contribution in [2.75, 3.05) is 12.0 Å². The number of aryl methyl sites for hydroxylation is 1. The molecule has 8 heteroatoms. The van der Waals surface area contributed by atoms with E-state index in [1.54, 1.807) is 24.1 Å². The Hall–Kier alpha value is -4.17. The third-order valence-electron chi connectivity index (χ3n) is 6.38. The Morgan fingerprint density at radius 1 is 1.00 bits per heavy atom. The number of hydrogen-bond donors (Lipinski definition) is 0. The number of thiazole rings is 1. The number of nitrogens with zero attached hydrogens (tertiary/aromatic N) is 2. The molecule has 1 amide bonds. The molecule has 37 heavy (non-hydrogen) atoms. The molecular formula is C29H24N2O5S. The first kappa shape index (κ1) is 23.2. The summed E-state index contributed by atoms with van der Waals surface area (Å²) in [6.45, 7) is 5.84. The van der Waals surface area contributed by atoms with Gasteiger partial charge in [0.1, 0.15) is 17.1 Å². The van der Waals surface area contributed by atoms with Gasteiger partial charge in [-0.2, -0.15) is 0 Å². The number of aromatic nitrogens is 1. The molecule has 0 saturated heterocycles. The van der Waals surface area contributed by atoms with E-state index in [9.17, 15) is 9.59 Å². The van der Waals surface area contributed by atoms with Gasteiger partial charge in [0.25, 0.3) is 5.91 Å². The van der Waals surface area contributed by atoms with Crippen LogP contribution in [0, 0.1) is 6.92 Å². The van der Waals surface area contributed by atoms with Crippen molar-refractivity contribution in [2.45, 2.75) is 32.9 Å². The number of carbonyl (C=O) groups is 1. The standard InChI is InChI=1S/C29H24N2O5S/c1-15(2)35-18-8-6-17(7-9-18)25-24-26(32)20-13-16(3)5-12-22(20)36-27(24)28(33)31(25)29-30-21-11-10-19(34-4)14-23(21)37-29/h5-15,25H,1-4H3/t25-/m1/s1. The van der Waals surface area contributed by atoms with Gasteiger partial charge in [0.05, 0.1) is 40.4 Å². The number of methoxy groups -OCH3 is 1. The minimum Gasteiger partial charge on any atom is -0.497 e. The highest BCUT2D eigenvalue weighted by atomic mass is 32.1. The van der Waals surface area contributed by atoms with Crippen molar-refractivity contribution in [3.8, 4) is 11.5 Å². The van der Waals surface area contributed by atoms with Crippen molar-refractivity contribution in [2.24, 2.45) is 0 Å². The third-order valence-corrected chi connectivity index (χ3v) is 7.40. The predicted molar refractivity (Wildman–Crippen MR) is 144 cm³/mol. The number of benzene rings is 3. The number of rotatable bonds is 5. The molecular weight excluding hydrogens is 488 g/mol. The van der Waals surface area contributed by atoms with E-state index in [4.69, 9.17) is 18.9 Å². The minimum absolute atomic E-state index is 0.0255. The zero-order valence-electron chi connectivity index (χ0n) is 20.8. The molecule has 7 nitrogen and oxygen atoms in total. The van der Waals surface area contributed by atoms with Gasteiger partial charge in [-0.3, -0.25) is 14.5 Å². The largest absolute Gasteiger partial charge is 0.497 e. The zero-order valence-corrected chi connectivity index (χ0v) is 21.6. The van der Waals surface area contributed by atoms with E-state index in [1.807, 2.05) is 69.3 Å². The lowest BCUT2D eigenvalue weighted by Crippen LogP contribution is -2.29. The molecule has 1 atom stereocenters. The number of carbonyl (C=O) groups excluding carboxylic acids is 1. The summed E-state index contributed by atoms with van der Waals surface area (Å²) in [5, 5.41) is 0.930. The summed E-state index contributed by atoms with van der Waals surface area (Å²) >= 11 is 1.37. The third kappa shape index (κ3) is 3.84. The summed E-state index contributed by atoms with van der Waals surface area (Å²) in [6.07, 6.45) is 0.0255. The van der Waals surface area contributed by atoms with Crippen LogP contribution in [0.3, 0.4) is 0 Å². The Balaban J connectivity index is 1.57. The molecule has 0 bridgehead atoms. The first-order chi connectivity index (χ1) is 17.8. The smallest absolute Gasteiger partial charge is 0.297 e. The molecule has 0 fully saturated rings. The Kier molecular flexibility index (Phi) is 5.49. The SMILES string of the molecule is COc1ccc2nc(N3C(=O)c4oc5ccc(C)cc5c(=O)c4[C@H]3c3ccc(OC(C)C)cc3)sc2c1. The average molecular weight is 513 g/mol. The molecule has 5 aromatic rings. The summed E-state index contributed by atoms with van der Waals surface area (Å²) < 4.78 is 18.1. The first-order valence-corrected chi connectivity index (χ1v) is 12.8. The maximum Gasteiger partial charge on any atom is 0.297 e. The Morgan fingerprint density at radius 2 is 1.76 bits per heavy atom. The number of anilines is 1. The Bertz CT molecular complexity index is 1740. The predicted octanol–water partition coefficient (Wildman–Crippen LogP) is 6.26. The molecule has 3 aromatic carbocycles. The van der Waals surface area contributed by atoms with E-state index in [0.717, 1.165) is 21.3 Å². The molecule has 1 aliphatic rings. The number of amides is 1. The van der Waals surface area contributed by atoms with Crippen LogP contribution in [0.25, 0.3) is 21.2 Å². The van der Waals surface area contributed by atoms with Crippen LogP contribution in [-0.4, -0.2) is 24.1 Å². The number of hydrogen-bond acceptors (Lipinski definition) is 7. The lowest BCUT2D eigenvalue weighted by atomic mass is 9.98. The van der Waals surface area contributed by atoms with Gasteiger partial charge in [-0.15, -0.1) is 0 Å². The molecule has 1 aliphatic heterocycles. The molecule has 0 aliphatic carbocycles. The van der Waals surface area contributed by atoms with Crippen molar-refractivity contribution in [1.29, 1.82) is 0 Å². The second kappa shape index (κ2) is 8.74. The fraction of sp³-hybridized carbons (Fsp3) is 0.207. The molecule has 186 valence electrons. The van der Waals surface area contributed by atoms with Crippen molar-refractivity contribution < 1.29 is 18.7 Å². The highest BCUT2D eigenvalue weighted by molar-refractivity contribution is 7.22. The number of ether oxygens (including phenoxy) is 2. The molecule has 0 spiro atoms. The van der Waals surface area contributed by atoms with E-state index in [1.165, 1.54) is 11.3 Å². The van der Waals surface area contributed by atoms with Crippen LogP contribution in [0.5, 0.6) is 11.5 Å². The maximum absolute atomic E-state index is 13.9. The van der Waals surface area contributed by atoms with E-state index >= 15 is 0 Å². The van der Waals surface area contributed by atoms with E-state index in [-0.39, 0.29) is 17.3 Å². The van der Waals surface area contributed by atoms with Crippen LogP contribution in [0.2, 0.25) is 0 Å². The van der Waals surface area contributed by atoms with Gasteiger partial charge in [-0.25, -0.2) is 4.98 Å². The van der Waals surface area contributed by atoms with Crippen molar-refractivity contribution in [1.82, 2.24) is 4.98 Å². The summed E-state index contributed by atoms with van der Waals surface area (Å²) in [5.41, 5.74) is 2.93. The highest BCUT2D eigenvalue weighted by Crippen LogP contribution is 2.44. The summed E-state index contributed by atoms with van der Waals surface area (Å²) in [6, 6.07) is 17.7. The van der Waals surface area contributed by atoms with Crippen molar-refractivity contribution in [3.05, 3.63) is 93.3 Å². The first-order valence-electron chi connectivity index (χ1n) is 12.0. The summed E-state index contributed by atoms with van der Waals surface area (Å²) in [7, 11) is 1.61. The topological polar surface area (TPSA) is 81.9 Å². The van der Waals surface area contributed by atoms with Crippen LogP contribution in [0.1, 0.15) is 47.1 Å². The molecule has 0 N–H and O–H groups in total. The molecule has 6 rings (SSSR count). The van der Waals surface area contributed by atoms with E-state index in [0.29, 0.717) is 33.2 Å². The minimum atomic E-state index is -0.695. The van der Waals surface area contributed by atoms with Gasteiger partial charge in [0.15, 0.2) is 10.6 Å². The molecule has 0 unspecified atom stereocenters. The number of fused-ring (bicyclic) bond motifs is 3. The van der Waals surface area contributed by atoms with Gasteiger partial charge in [0.2, 0.25) is 5.76 Å². The molecule has 0 radical (unpaired) electrons. The average Bonchev–Trinajstić information content (AvgIpc) is 3.42. The Labute approximate surface area is 216 Å². The van der Waals surface area contributed by atoms with Crippen LogP contribution in [-0.2, 0) is 0 Å². The Morgan fingerprint density at radius 3 is 2.49 bits per heavy atom. The fourth-order valence-corrected chi connectivity index (χ4v) is 5.74. The van der Waals surface area contributed by atoms with Crippen LogP contribution < -0.4 is 19.8 Å². The zero-order chi connectivity index (χ0) is 25.8. The quantitative estimate of drug-likeness (QED) is 0.277. The summed E-state index contributed by atoms with van der Waals surface area (Å²) in [4.78, 5) is 34.0. The van der Waals surface area contributed by atoms with Gasteiger partial charge in [-0.1, -0.05) is 35.1 Å². The highest BCUT2D eigenvalue weighted by Gasteiger charge is 2.45. The fourth-order valence-electron chi connectivity index (χ4n) is 4.72. The van der Waals surface area contributed by atoms with Crippen LogP contribution in [0.15, 0.2) is 69.9 Å². The van der Waals surface area contributed by atoms with Crippen molar-refractivity contribution >= 4 is 43.6 Å². The van der Waals surface area contributed by atoms with E-state index < -0.39 is 11.9 Å². The van der Waals surface area contributed by atoms with E-state index in [2.05, 4.69) is 0 Å². The molecule has 3 heterocycles. The lowest BCUT2D eigenvalue weighted by molar-refractivity contribution is 0.0971. The van der Waals surface area contributed by atoms with Gasteiger partial charge < -0.3 is 13.9 Å². The van der Waals surface area contributed by atoms with Gasteiger partial charge >= 0.3 is 0 Å². The van der Waals surface area contributed by atoms with Crippen molar-refractivity contribution in [3.63, 3.8) is 0 Å². The monoisotopic (exact) mass is 512 g/mol. The maximum atomic E-state index is 13.9. The van der Waals surface area contributed by atoms with Crippen LogP contribution in [0.4, 0.5) is 5.13 Å². The normalized spacial score (nSPS) is 15.1. The molecule has 2 aromatic heterocycles.